The summed E-state index contributed by atoms with van der Waals surface area (Å²) in [6.07, 6.45) is 0. The maximum atomic E-state index is 12.5. The SMILES string of the molecule is COCCOc1ccccc1C(=O)NC(=S)Nc1ccc(C(=O)N(C)C)cc1. The molecule has 0 spiro atoms. The molecular weight excluding hydrogens is 378 g/mol. The van der Waals surface area contributed by atoms with E-state index < -0.39 is 0 Å². The molecule has 0 bridgehead atoms. The number of hydrogen-bond donors (Lipinski definition) is 2. The van der Waals surface area contributed by atoms with E-state index in [9.17, 15) is 9.59 Å². The van der Waals surface area contributed by atoms with Gasteiger partial charge in [0, 0.05) is 32.5 Å². The molecule has 2 amide bonds. The predicted octanol–water partition coefficient (Wildman–Crippen LogP) is 2.54. The summed E-state index contributed by atoms with van der Waals surface area (Å²) in [4.78, 5) is 25.9. The highest BCUT2D eigenvalue weighted by molar-refractivity contribution is 7.80. The first kappa shape index (κ1) is 21.3. The molecule has 7 nitrogen and oxygen atoms in total. The minimum atomic E-state index is -0.384. The topological polar surface area (TPSA) is 79.9 Å². The molecule has 0 radical (unpaired) electrons. The van der Waals surface area contributed by atoms with Crippen LogP contribution in [0.3, 0.4) is 0 Å². The van der Waals surface area contributed by atoms with Gasteiger partial charge < -0.3 is 19.7 Å². The number of carbonyl (C=O) groups excluding carboxylic acids is 2. The number of thiocarbonyl (C=S) groups is 1. The van der Waals surface area contributed by atoms with Gasteiger partial charge in [-0.2, -0.15) is 0 Å². The number of nitrogens with one attached hydrogen (secondary N) is 2. The maximum Gasteiger partial charge on any atom is 0.261 e. The largest absolute Gasteiger partial charge is 0.490 e. The molecule has 0 heterocycles. The van der Waals surface area contributed by atoms with Crippen molar-refractivity contribution in [1.29, 1.82) is 0 Å². The lowest BCUT2D eigenvalue weighted by atomic mass is 10.2. The Kier molecular flexibility index (Phi) is 7.91. The third kappa shape index (κ3) is 6.04. The highest BCUT2D eigenvalue weighted by Gasteiger charge is 2.14. The normalized spacial score (nSPS) is 10.1. The van der Waals surface area contributed by atoms with Crippen LogP contribution in [0.4, 0.5) is 5.69 Å². The summed E-state index contributed by atoms with van der Waals surface area (Å²) >= 11 is 5.21. The van der Waals surface area contributed by atoms with E-state index in [1.54, 1.807) is 69.7 Å². The number of carbonyl (C=O) groups is 2. The molecule has 2 aromatic carbocycles. The number of ether oxygens (including phenoxy) is 2. The van der Waals surface area contributed by atoms with Crippen molar-refractivity contribution in [2.24, 2.45) is 0 Å². The number of hydrogen-bond acceptors (Lipinski definition) is 5. The Morgan fingerprint density at radius 1 is 1.04 bits per heavy atom. The van der Waals surface area contributed by atoms with Crippen LogP contribution in [0.5, 0.6) is 5.75 Å². The van der Waals surface area contributed by atoms with Crippen LogP contribution in [-0.2, 0) is 4.74 Å². The molecule has 0 aliphatic carbocycles. The Hall–Kier alpha value is -2.97. The van der Waals surface area contributed by atoms with Crippen molar-refractivity contribution in [2.75, 3.05) is 39.7 Å². The van der Waals surface area contributed by atoms with Crippen molar-refractivity contribution in [3.8, 4) is 5.75 Å². The molecule has 148 valence electrons. The van der Waals surface area contributed by atoms with Crippen LogP contribution in [0.1, 0.15) is 20.7 Å². The molecular formula is C20H23N3O4S. The molecule has 2 N–H and O–H groups in total. The average molecular weight is 401 g/mol. The Morgan fingerprint density at radius 3 is 2.36 bits per heavy atom. The smallest absolute Gasteiger partial charge is 0.261 e. The summed E-state index contributed by atoms with van der Waals surface area (Å²) in [5.74, 6) is -0.0242. The van der Waals surface area contributed by atoms with Crippen LogP contribution in [0.25, 0.3) is 0 Å². The van der Waals surface area contributed by atoms with Crippen LogP contribution < -0.4 is 15.4 Å². The fourth-order valence-corrected chi connectivity index (χ4v) is 2.51. The number of benzene rings is 2. The van der Waals surface area contributed by atoms with Crippen LogP contribution in [-0.4, -0.2) is 56.2 Å². The van der Waals surface area contributed by atoms with Crippen molar-refractivity contribution in [3.05, 3.63) is 59.7 Å². The van der Waals surface area contributed by atoms with Crippen molar-refractivity contribution >= 4 is 34.8 Å². The molecule has 2 rings (SSSR count). The molecule has 0 aromatic heterocycles. The van der Waals surface area contributed by atoms with E-state index in [0.717, 1.165) is 0 Å². The number of rotatable bonds is 7. The lowest BCUT2D eigenvalue weighted by Gasteiger charge is -2.13. The monoisotopic (exact) mass is 401 g/mol. The van der Waals surface area contributed by atoms with Gasteiger partial charge in [-0.1, -0.05) is 12.1 Å². The molecule has 0 aliphatic rings. The minimum absolute atomic E-state index is 0.0903. The third-order valence-electron chi connectivity index (χ3n) is 3.70. The molecule has 8 heteroatoms. The second-order valence-corrected chi connectivity index (χ2v) is 6.43. The second kappa shape index (κ2) is 10.4. The van der Waals surface area contributed by atoms with Gasteiger partial charge in [0.25, 0.3) is 11.8 Å². The van der Waals surface area contributed by atoms with Crippen molar-refractivity contribution in [1.82, 2.24) is 10.2 Å². The molecule has 0 fully saturated rings. The van der Waals surface area contributed by atoms with E-state index in [1.165, 1.54) is 4.90 Å². The summed E-state index contributed by atoms with van der Waals surface area (Å²) in [5.41, 5.74) is 1.59. The first-order chi connectivity index (χ1) is 13.4. The van der Waals surface area contributed by atoms with Gasteiger partial charge in [0.15, 0.2) is 5.11 Å². The highest BCUT2D eigenvalue weighted by atomic mass is 32.1. The lowest BCUT2D eigenvalue weighted by Crippen LogP contribution is -2.34. The molecule has 28 heavy (non-hydrogen) atoms. The number of anilines is 1. The maximum absolute atomic E-state index is 12.5. The predicted molar refractivity (Wildman–Crippen MR) is 112 cm³/mol. The molecule has 0 saturated carbocycles. The summed E-state index contributed by atoms with van der Waals surface area (Å²) < 4.78 is 10.5. The first-order valence-electron chi connectivity index (χ1n) is 8.57. The second-order valence-electron chi connectivity index (χ2n) is 6.02. The Labute approximate surface area is 169 Å². The Bertz CT molecular complexity index is 838. The zero-order chi connectivity index (χ0) is 20.5. The lowest BCUT2D eigenvalue weighted by molar-refractivity contribution is 0.0827. The Balaban J connectivity index is 1.98. The van der Waals surface area contributed by atoms with E-state index in [-0.39, 0.29) is 16.9 Å². The first-order valence-corrected chi connectivity index (χ1v) is 8.98. The number of methoxy groups -OCH3 is 1. The molecule has 0 saturated heterocycles. The van der Waals surface area contributed by atoms with Gasteiger partial charge in [-0.3, -0.25) is 14.9 Å². The summed E-state index contributed by atoms with van der Waals surface area (Å²) in [7, 11) is 4.96. The van der Waals surface area contributed by atoms with Crippen LogP contribution in [0.2, 0.25) is 0 Å². The quantitative estimate of drug-likeness (QED) is 0.548. The summed E-state index contributed by atoms with van der Waals surface area (Å²) in [6.45, 7) is 0.754. The van der Waals surface area contributed by atoms with E-state index in [2.05, 4.69) is 10.6 Å². The Morgan fingerprint density at radius 2 is 1.71 bits per heavy atom. The highest BCUT2D eigenvalue weighted by Crippen LogP contribution is 2.18. The number of amides is 2. The van der Waals surface area contributed by atoms with Crippen LogP contribution >= 0.6 is 12.2 Å². The third-order valence-corrected chi connectivity index (χ3v) is 3.90. The van der Waals surface area contributed by atoms with Gasteiger partial charge in [-0.25, -0.2) is 0 Å². The van der Waals surface area contributed by atoms with Crippen molar-refractivity contribution in [3.63, 3.8) is 0 Å². The van der Waals surface area contributed by atoms with Crippen LogP contribution in [0, 0.1) is 0 Å². The van der Waals surface area contributed by atoms with E-state index >= 15 is 0 Å². The molecule has 2 aromatic rings. The average Bonchev–Trinajstić information content (AvgIpc) is 2.68. The molecule has 0 aliphatic heterocycles. The molecule has 0 unspecified atom stereocenters. The number of para-hydroxylation sites is 1. The molecule has 0 atom stereocenters. The van der Waals surface area contributed by atoms with E-state index in [1.807, 2.05) is 0 Å². The van der Waals surface area contributed by atoms with Crippen LogP contribution in [0.15, 0.2) is 48.5 Å². The summed E-state index contributed by atoms with van der Waals surface area (Å²) in [6, 6.07) is 13.7. The minimum Gasteiger partial charge on any atom is -0.490 e. The fourth-order valence-electron chi connectivity index (χ4n) is 2.30. The number of nitrogens with zero attached hydrogens (tertiary/aromatic N) is 1. The van der Waals surface area contributed by atoms with Gasteiger partial charge >= 0.3 is 0 Å². The van der Waals surface area contributed by atoms with Gasteiger partial charge in [0.05, 0.1) is 12.2 Å². The van der Waals surface area contributed by atoms with Gasteiger partial charge in [-0.05, 0) is 48.6 Å². The van der Waals surface area contributed by atoms with E-state index in [4.69, 9.17) is 21.7 Å². The van der Waals surface area contributed by atoms with Gasteiger partial charge in [-0.15, -0.1) is 0 Å². The zero-order valence-corrected chi connectivity index (χ0v) is 16.8. The van der Waals surface area contributed by atoms with E-state index in [0.29, 0.717) is 35.8 Å². The van der Waals surface area contributed by atoms with Gasteiger partial charge in [0.2, 0.25) is 0 Å². The summed E-state index contributed by atoms with van der Waals surface area (Å²) in [5, 5.41) is 5.69. The van der Waals surface area contributed by atoms with Crippen molar-refractivity contribution < 1.29 is 19.1 Å². The fraction of sp³-hybridized carbons (Fsp3) is 0.250. The van der Waals surface area contributed by atoms with Crippen molar-refractivity contribution in [2.45, 2.75) is 0 Å². The standard InChI is InChI=1S/C20H23N3O4S/c1-23(2)19(25)14-8-10-15(11-9-14)21-20(28)22-18(24)16-6-4-5-7-17(16)27-13-12-26-3/h4-11H,12-13H2,1-3H3,(H2,21,22,24,28). The zero-order valence-electron chi connectivity index (χ0n) is 16.0. The van der Waals surface area contributed by atoms with Gasteiger partial charge in [0.1, 0.15) is 12.4 Å².